The van der Waals surface area contributed by atoms with Crippen LogP contribution in [-0.2, 0) is 19.6 Å². The predicted molar refractivity (Wildman–Crippen MR) is 109 cm³/mol. The zero-order valence-corrected chi connectivity index (χ0v) is 15.6. The maximum atomic E-state index is 13.2. The first kappa shape index (κ1) is 17.8. The molecule has 0 aliphatic heterocycles. The molecular weight excluding hydrogens is 359 g/mol. The number of nitrogens with one attached hydrogen (secondary N) is 1. The van der Waals surface area contributed by atoms with Gasteiger partial charge in [0.05, 0.1) is 0 Å². The third-order valence-corrected chi connectivity index (χ3v) is 5.09. The smallest absolute Gasteiger partial charge is 0.123 e. The van der Waals surface area contributed by atoms with Gasteiger partial charge in [0.1, 0.15) is 5.82 Å². The van der Waals surface area contributed by atoms with Gasteiger partial charge in [0.25, 0.3) is 0 Å². The molecular formula is C23H20ClFN2. The van der Waals surface area contributed by atoms with E-state index in [0.717, 1.165) is 29.2 Å². The van der Waals surface area contributed by atoms with E-state index in [2.05, 4.69) is 34.3 Å². The summed E-state index contributed by atoms with van der Waals surface area (Å²) >= 11 is 6.24. The highest BCUT2D eigenvalue weighted by molar-refractivity contribution is 6.31. The van der Waals surface area contributed by atoms with E-state index < -0.39 is 0 Å². The minimum atomic E-state index is -0.208. The summed E-state index contributed by atoms with van der Waals surface area (Å²) in [5.74, 6) is -0.208. The molecule has 0 unspecified atom stereocenters. The highest BCUT2D eigenvalue weighted by Crippen LogP contribution is 2.23. The lowest BCUT2D eigenvalue weighted by Gasteiger charge is -2.06. The van der Waals surface area contributed by atoms with Crippen LogP contribution >= 0.6 is 11.6 Å². The van der Waals surface area contributed by atoms with Gasteiger partial charge >= 0.3 is 0 Å². The molecule has 0 saturated carbocycles. The number of halogens is 2. The Hall–Kier alpha value is -2.62. The molecule has 3 aromatic carbocycles. The second kappa shape index (κ2) is 7.95. The van der Waals surface area contributed by atoms with E-state index in [1.807, 2.05) is 42.5 Å². The molecule has 1 heterocycles. The molecule has 0 aliphatic rings. The van der Waals surface area contributed by atoms with Crippen molar-refractivity contribution < 1.29 is 4.39 Å². The molecule has 0 atom stereocenters. The van der Waals surface area contributed by atoms with E-state index in [1.54, 1.807) is 0 Å². The minimum Gasteiger partial charge on any atom is -0.343 e. The molecule has 0 saturated heterocycles. The Kier molecular flexibility index (Phi) is 5.23. The van der Waals surface area contributed by atoms with Crippen LogP contribution in [0.1, 0.15) is 16.7 Å². The van der Waals surface area contributed by atoms with Gasteiger partial charge < -0.3 is 9.88 Å². The van der Waals surface area contributed by atoms with Gasteiger partial charge in [0, 0.05) is 41.8 Å². The van der Waals surface area contributed by atoms with Crippen LogP contribution in [0, 0.1) is 5.82 Å². The van der Waals surface area contributed by atoms with Crippen molar-refractivity contribution in [3.8, 4) is 0 Å². The third-order valence-electron chi connectivity index (χ3n) is 4.73. The van der Waals surface area contributed by atoms with Crippen molar-refractivity contribution in [2.24, 2.45) is 0 Å². The van der Waals surface area contributed by atoms with Crippen LogP contribution in [0.4, 0.5) is 4.39 Å². The molecule has 4 rings (SSSR count). The first-order valence-electron chi connectivity index (χ1n) is 8.96. The van der Waals surface area contributed by atoms with E-state index in [9.17, 15) is 4.39 Å². The summed E-state index contributed by atoms with van der Waals surface area (Å²) in [6, 6.07) is 22.9. The molecule has 0 bridgehead atoms. The second-order valence-corrected chi connectivity index (χ2v) is 7.03. The molecule has 0 radical (unpaired) electrons. The Morgan fingerprint density at radius 3 is 2.33 bits per heavy atom. The van der Waals surface area contributed by atoms with Crippen LogP contribution in [-0.4, -0.2) is 4.57 Å². The quantitative estimate of drug-likeness (QED) is 0.450. The van der Waals surface area contributed by atoms with E-state index >= 15 is 0 Å². The van der Waals surface area contributed by atoms with E-state index in [0.29, 0.717) is 6.54 Å². The van der Waals surface area contributed by atoms with Gasteiger partial charge in [-0.1, -0.05) is 60.1 Å². The molecule has 1 aromatic heterocycles. The summed E-state index contributed by atoms with van der Waals surface area (Å²) < 4.78 is 15.4. The van der Waals surface area contributed by atoms with Gasteiger partial charge in [0.2, 0.25) is 0 Å². The number of nitrogens with zero attached hydrogens (tertiary/aromatic N) is 1. The summed E-state index contributed by atoms with van der Waals surface area (Å²) in [6.07, 6.45) is 2.17. The summed E-state index contributed by atoms with van der Waals surface area (Å²) in [7, 11) is 0. The molecule has 136 valence electrons. The second-order valence-electron chi connectivity index (χ2n) is 6.62. The third kappa shape index (κ3) is 4.05. The van der Waals surface area contributed by atoms with Gasteiger partial charge in [-0.2, -0.15) is 0 Å². The summed E-state index contributed by atoms with van der Waals surface area (Å²) in [5.41, 5.74) is 4.58. The van der Waals surface area contributed by atoms with Gasteiger partial charge in [0.15, 0.2) is 0 Å². The standard InChI is InChI=1S/C23H20ClFN2/c24-22-7-3-1-5-18(22)13-26-14-19-16-27(23-8-4-2-6-21(19)23)15-17-9-11-20(25)12-10-17/h1-12,16,26H,13-15H2. The van der Waals surface area contributed by atoms with Crippen LogP contribution in [0.15, 0.2) is 79.0 Å². The van der Waals surface area contributed by atoms with Crippen molar-refractivity contribution in [3.63, 3.8) is 0 Å². The number of hydrogen-bond donors (Lipinski definition) is 1. The Morgan fingerprint density at radius 1 is 0.815 bits per heavy atom. The van der Waals surface area contributed by atoms with E-state index in [-0.39, 0.29) is 5.82 Å². The lowest BCUT2D eigenvalue weighted by atomic mass is 10.1. The zero-order valence-electron chi connectivity index (χ0n) is 14.8. The average molecular weight is 379 g/mol. The highest BCUT2D eigenvalue weighted by Gasteiger charge is 2.09. The topological polar surface area (TPSA) is 17.0 Å². The van der Waals surface area contributed by atoms with Gasteiger partial charge in [-0.25, -0.2) is 4.39 Å². The average Bonchev–Trinajstić information content (AvgIpc) is 3.03. The maximum absolute atomic E-state index is 13.2. The maximum Gasteiger partial charge on any atom is 0.123 e. The van der Waals surface area contributed by atoms with Crippen LogP contribution in [0.3, 0.4) is 0 Å². The number of benzene rings is 3. The number of fused-ring (bicyclic) bond motifs is 1. The van der Waals surface area contributed by atoms with Crippen LogP contribution in [0.25, 0.3) is 10.9 Å². The minimum absolute atomic E-state index is 0.208. The normalized spacial score (nSPS) is 11.2. The van der Waals surface area contributed by atoms with Crippen molar-refractivity contribution in [1.29, 1.82) is 0 Å². The lowest BCUT2D eigenvalue weighted by Crippen LogP contribution is -2.12. The molecule has 27 heavy (non-hydrogen) atoms. The van der Waals surface area contributed by atoms with Crippen molar-refractivity contribution in [2.75, 3.05) is 0 Å². The van der Waals surface area contributed by atoms with Gasteiger partial charge in [-0.3, -0.25) is 0 Å². The SMILES string of the molecule is Fc1ccc(Cn2cc(CNCc3ccccc3Cl)c3ccccc32)cc1. The number of aromatic nitrogens is 1. The molecule has 1 N–H and O–H groups in total. The molecule has 4 heteroatoms. The molecule has 2 nitrogen and oxygen atoms in total. The Balaban J connectivity index is 1.54. The molecule has 0 aliphatic carbocycles. The first-order chi connectivity index (χ1) is 13.2. The fraction of sp³-hybridized carbons (Fsp3) is 0.130. The Labute approximate surface area is 163 Å². The predicted octanol–water partition coefficient (Wildman–Crippen LogP) is 5.77. The largest absolute Gasteiger partial charge is 0.343 e. The number of para-hydroxylation sites is 1. The van der Waals surface area contributed by atoms with Crippen molar-refractivity contribution >= 4 is 22.5 Å². The van der Waals surface area contributed by atoms with Gasteiger partial charge in [-0.05, 0) is 41.0 Å². The van der Waals surface area contributed by atoms with Gasteiger partial charge in [-0.15, -0.1) is 0 Å². The zero-order chi connectivity index (χ0) is 18.6. The fourth-order valence-electron chi connectivity index (χ4n) is 3.35. The van der Waals surface area contributed by atoms with E-state index in [1.165, 1.54) is 28.6 Å². The number of rotatable bonds is 6. The highest BCUT2D eigenvalue weighted by atomic mass is 35.5. The molecule has 0 spiro atoms. The van der Waals surface area contributed by atoms with Crippen LogP contribution in [0.5, 0.6) is 0 Å². The summed E-state index contributed by atoms with van der Waals surface area (Å²) in [5, 5.41) is 5.50. The van der Waals surface area contributed by atoms with Crippen molar-refractivity contribution in [2.45, 2.75) is 19.6 Å². The Morgan fingerprint density at radius 2 is 1.52 bits per heavy atom. The van der Waals surface area contributed by atoms with Crippen LogP contribution < -0.4 is 5.32 Å². The Bertz CT molecular complexity index is 1050. The summed E-state index contributed by atoms with van der Waals surface area (Å²) in [4.78, 5) is 0. The van der Waals surface area contributed by atoms with Crippen molar-refractivity contribution in [3.05, 3.63) is 107 Å². The first-order valence-corrected chi connectivity index (χ1v) is 9.34. The monoisotopic (exact) mass is 378 g/mol. The van der Waals surface area contributed by atoms with E-state index in [4.69, 9.17) is 11.6 Å². The lowest BCUT2D eigenvalue weighted by molar-refractivity contribution is 0.626. The molecule has 0 amide bonds. The summed E-state index contributed by atoms with van der Waals surface area (Å²) in [6.45, 7) is 2.19. The fourth-order valence-corrected chi connectivity index (χ4v) is 3.56. The van der Waals surface area contributed by atoms with Crippen molar-refractivity contribution in [1.82, 2.24) is 9.88 Å². The molecule has 0 fully saturated rings. The molecule has 4 aromatic rings. The van der Waals surface area contributed by atoms with Crippen LogP contribution in [0.2, 0.25) is 5.02 Å². The number of hydrogen-bond acceptors (Lipinski definition) is 1.